The van der Waals surface area contributed by atoms with Crippen molar-refractivity contribution in [3.8, 4) is 0 Å². The summed E-state index contributed by atoms with van der Waals surface area (Å²) in [7, 11) is -3.74. The van der Waals surface area contributed by atoms with Gasteiger partial charge >= 0.3 is 0 Å². The second-order valence-corrected chi connectivity index (χ2v) is 16.3. The molecule has 0 spiro atoms. The van der Waals surface area contributed by atoms with E-state index in [-0.39, 0.29) is 16.4 Å². The number of allylic oxidation sites excluding steroid dienone is 3. The fourth-order valence-electron chi connectivity index (χ4n) is 9.84. The van der Waals surface area contributed by atoms with Crippen molar-refractivity contribution in [1.29, 1.82) is 0 Å². The zero-order valence-electron chi connectivity index (χ0n) is 26.2. The molecular weight excluding hydrogens is 512 g/mol. The van der Waals surface area contributed by atoms with Crippen LogP contribution in [0.15, 0.2) is 53.0 Å². The van der Waals surface area contributed by atoms with Crippen LogP contribution in [-0.4, -0.2) is 14.5 Å². The molecule has 3 fully saturated rings. The second kappa shape index (κ2) is 11.4. The topological polar surface area (TPSA) is 43.4 Å². The Balaban J connectivity index is 1.28. The summed E-state index contributed by atoms with van der Waals surface area (Å²) in [6.45, 7) is 16.6. The molecule has 0 bridgehead atoms. The lowest BCUT2D eigenvalue weighted by Gasteiger charge is -2.58. The molecule has 5 rings (SSSR count). The molecule has 3 nitrogen and oxygen atoms in total. The van der Waals surface area contributed by atoms with E-state index in [1.165, 1.54) is 37.7 Å². The van der Waals surface area contributed by atoms with Gasteiger partial charge in [-0.05, 0) is 129 Å². The fraction of sp³-hybridized carbons (Fsp3) is 0.722. The molecule has 4 aliphatic rings. The van der Waals surface area contributed by atoms with Gasteiger partial charge in [0.2, 0.25) is 0 Å². The van der Waals surface area contributed by atoms with E-state index >= 15 is 0 Å². The summed E-state index contributed by atoms with van der Waals surface area (Å²) in [6, 6.07) is 7.01. The Morgan fingerprint density at radius 1 is 0.975 bits per heavy atom. The molecule has 3 saturated carbocycles. The molecule has 0 heterocycles. The fourth-order valence-corrected chi connectivity index (χ4v) is 10.9. The summed E-state index contributed by atoms with van der Waals surface area (Å²) in [5, 5.41) is 0. The molecule has 222 valence electrons. The average Bonchev–Trinajstić information content (AvgIpc) is 3.26. The summed E-state index contributed by atoms with van der Waals surface area (Å²) in [5.41, 5.74) is 3.15. The first-order valence-corrected chi connectivity index (χ1v) is 17.7. The highest BCUT2D eigenvalue weighted by Gasteiger charge is 2.59. The van der Waals surface area contributed by atoms with Crippen LogP contribution in [-0.2, 0) is 14.3 Å². The van der Waals surface area contributed by atoms with Crippen molar-refractivity contribution >= 4 is 10.1 Å². The van der Waals surface area contributed by atoms with Gasteiger partial charge in [0, 0.05) is 0 Å². The van der Waals surface area contributed by atoms with Crippen molar-refractivity contribution < 1.29 is 12.6 Å². The molecule has 0 amide bonds. The molecule has 0 unspecified atom stereocenters. The monoisotopic (exact) mass is 566 g/mol. The van der Waals surface area contributed by atoms with Crippen molar-refractivity contribution in [3.05, 3.63) is 53.6 Å². The Labute approximate surface area is 245 Å². The lowest BCUT2D eigenvalue weighted by Crippen LogP contribution is -2.51. The van der Waals surface area contributed by atoms with E-state index < -0.39 is 10.1 Å². The van der Waals surface area contributed by atoms with Gasteiger partial charge in [0.05, 0.1) is 11.0 Å². The minimum absolute atomic E-state index is 0.187. The molecule has 0 saturated heterocycles. The SMILES string of the molecule is CC[C@H](C=C[C@@H](C)[C@H]1CC[C@H]2[C@@H]3CC=C4C[C@@H](OS(=O)(=O)c5ccc(C)cc5)CC[C@]4(C)[C@H]3CC[C@]12C)C(C)C. The van der Waals surface area contributed by atoms with Gasteiger partial charge in [0.25, 0.3) is 10.1 Å². The van der Waals surface area contributed by atoms with E-state index in [1.807, 2.05) is 19.1 Å². The van der Waals surface area contributed by atoms with Crippen LogP contribution < -0.4 is 0 Å². The molecule has 0 radical (unpaired) electrons. The normalized spacial score (nSPS) is 37.5. The standard InChI is InChI=1S/C36H54O3S/c1-8-27(24(2)3)12-11-26(5)32-17-18-33-31-16-13-28-23-29(39-40(37,38)30-14-9-25(4)10-15-30)19-21-35(28,6)34(31)20-22-36(32,33)7/h9-15,24,26-27,29,31-34H,8,16-23H2,1-7H3/t26-,27-,29+,31+,32-,33+,34+,35+,36-/m1/s1. The lowest BCUT2D eigenvalue weighted by molar-refractivity contribution is -0.0523. The largest absolute Gasteiger partial charge is 0.297 e. The molecule has 0 aliphatic heterocycles. The second-order valence-electron chi connectivity index (χ2n) is 14.8. The molecule has 1 aromatic carbocycles. The summed E-state index contributed by atoms with van der Waals surface area (Å²) < 4.78 is 31.9. The van der Waals surface area contributed by atoms with Gasteiger partial charge in [0.1, 0.15) is 0 Å². The highest BCUT2D eigenvalue weighted by atomic mass is 32.2. The third-order valence-corrected chi connectivity index (χ3v) is 13.7. The number of aryl methyl sites for hydroxylation is 1. The quantitative estimate of drug-likeness (QED) is 0.232. The summed E-state index contributed by atoms with van der Waals surface area (Å²) in [5.74, 6) is 5.13. The van der Waals surface area contributed by atoms with Crippen molar-refractivity contribution in [2.45, 2.75) is 117 Å². The summed E-state index contributed by atoms with van der Waals surface area (Å²) >= 11 is 0. The Kier molecular flexibility index (Phi) is 8.54. The van der Waals surface area contributed by atoms with Gasteiger partial charge in [-0.2, -0.15) is 8.42 Å². The van der Waals surface area contributed by atoms with E-state index in [4.69, 9.17) is 4.18 Å². The van der Waals surface area contributed by atoms with Crippen molar-refractivity contribution in [3.63, 3.8) is 0 Å². The average molecular weight is 567 g/mol. The number of fused-ring (bicyclic) bond motifs is 5. The van der Waals surface area contributed by atoms with Gasteiger partial charge in [-0.15, -0.1) is 0 Å². The van der Waals surface area contributed by atoms with Crippen LogP contribution in [0.4, 0.5) is 0 Å². The smallest absolute Gasteiger partial charge is 0.263 e. The van der Waals surface area contributed by atoms with Crippen LogP contribution >= 0.6 is 0 Å². The first-order valence-electron chi connectivity index (χ1n) is 16.3. The minimum atomic E-state index is -3.74. The molecule has 40 heavy (non-hydrogen) atoms. The number of hydrogen-bond donors (Lipinski definition) is 0. The third kappa shape index (κ3) is 5.41. The number of benzene rings is 1. The predicted octanol–water partition coefficient (Wildman–Crippen LogP) is 9.52. The predicted molar refractivity (Wildman–Crippen MR) is 165 cm³/mol. The maximum absolute atomic E-state index is 13.0. The van der Waals surface area contributed by atoms with Crippen molar-refractivity contribution in [2.75, 3.05) is 0 Å². The first-order chi connectivity index (χ1) is 18.9. The molecule has 0 aromatic heterocycles. The maximum Gasteiger partial charge on any atom is 0.297 e. The van der Waals surface area contributed by atoms with E-state index in [9.17, 15) is 8.42 Å². The van der Waals surface area contributed by atoms with Crippen molar-refractivity contribution in [1.82, 2.24) is 0 Å². The number of hydrogen-bond acceptors (Lipinski definition) is 3. The maximum atomic E-state index is 13.0. The Morgan fingerprint density at radius 2 is 1.70 bits per heavy atom. The van der Waals surface area contributed by atoms with Gasteiger partial charge < -0.3 is 0 Å². The molecule has 4 heteroatoms. The molecule has 1 aromatic rings. The van der Waals surface area contributed by atoms with E-state index in [2.05, 4.69) is 59.8 Å². The zero-order chi connectivity index (χ0) is 28.9. The van der Waals surface area contributed by atoms with Crippen LogP contribution in [0.25, 0.3) is 0 Å². The van der Waals surface area contributed by atoms with E-state index in [1.54, 1.807) is 12.1 Å². The number of rotatable bonds is 8. The zero-order valence-corrected chi connectivity index (χ0v) is 27.0. The van der Waals surface area contributed by atoms with Crippen LogP contribution in [0, 0.1) is 59.2 Å². The van der Waals surface area contributed by atoms with E-state index in [0.717, 1.165) is 54.9 Å². The third-order valence-electron chi connectivity index (χ3n) is 12.3. The Bertz CT molecular complexity index is 1210. The summed E-state index contributed by atoms with van der Waals surface area (Å²) in [6.07, 6.45) is 17.8. The Morgan fingerprint density at radius 3 is 2.38 bits per heavy atom. The lowest BCUT2D eigenvalue weighted by atomic mass is 9.47. The van der Waals surface area contributed by atoms with Gasteiger partial charge in [-0.1, -0.05) is 83.0 Å². The van der Waals surface area contributed by atoms with Crippen LogP contribution in [0.3, 0.4) is 0 Å². The Hall–Kier alpha value is -1.39. The van der Waals surface area contributed by atoms with Crippen LogP contribution in [0.1, 0.15) is 105 Å². The highest BCUT2D eigenvalue weighted by Crippen LogP contribution is 2.67. The summed E-state index contributed by atoms with van der Waals surface area (Å²) in [4.78, 5) is 0.268. The molecule has 9 atom stereocenters. The first kappa shape index (κ1) is 30.1. The van der Waals surface area contributed by atoms with E-state index in [0.29, 0.717) is 23.2 Å². The van der Waals surface area contributed by atoms with Crippen LogP contribution in [0.2, 0.25) is 0 Å². The molecular formula is C36H54O3S. The highest BCUT2D eigenvalue weighted by molar-refractivity contribution is 7.86. The van der Waals surface area contributed by atoms with Crippen molar-refractivity contribution in [2.24, 2.45) is 52.3 Å². The van der Waals surface area contributed by atoms with Gasteiger partial charge in [-0.25, -0.2) is 0 Å². The van der Waals surface area contributed by atoms with Gasteiger partial charge in [0.15, 0.2) is 0 Å². The van der Waals surface area contributed by atoms with Gasteiger partial charge in [-0.3, -0.25) is 4.18 Å². The minimum Gasteiger partial charge on any atom is -0.263 e. The van der Waals surface area contributed by atoms with Crippen LogP contribution in [0.5, 0.6) is 0 Å². The molecule has 0 N–H and O–H groups in total. The molecule has 4 aliphatic carbocycles.